The Hall–Kier alpha value is -0.590. The maximum atomic E-state index is 4.66. The van der Waals surface area contributed by atoms with E-state index >= 15 is 0 Å². The summed E-state index contributed by atoms with van der Waals surface area (Å²) in [4.78, 5) is 4.66. The van der Waals surface area contributed by atoms with E-state index in [0.29, 0.717) is 5.41 Å². The van der Waals surface area contributed by atoms with Crippen LogP contribution in [-0.2, 0) is 0 Å². The zero-order chi connectivity index (χ0) is 11.5. The van der Waals surface area contributed by atoms with Crippen LogP contribution in [0.15, 0.2) is 16.3 Å². The van der Waals surface area contributed by atoms with Crippen LogP contribution in [0.3, 0.4) is 0 Å². The van der Waals surface area contributed by atoms with Crippen LogP contribution in [0, 0.1) is 5.41 Å². The van der Waals surface area contributed by atoms with E-state index < -0.39 is 0 Å². The van der Waals surface area contributed by atoms with Crippen molar-refractivity contribution < 1.29 is 0 Å². The summed E-state index contributed by atoms with van der Waals surface area (Å²) in [5.74, 6) is 0. The zero-order valence-electron chi connectivity index (χ0n) is 11.0. The molecule has 0 spiro atoms. The highest BCUT2D eigenvalue weighted by Gasteiger charge is 2.20. The normalized spacial score (nSPS) is 26.7. The van der Waals surface area contributed by atoms with Crippen LogP contribution in [0.25, 0.3) is 0 Å². The highest BCUT2D eigenvalue weighted by Crippen LogP contribution is 2.35. The van der Waals surface area contributed by atoms with Gasteiger partial charge in [-0.15, -0.1) is 0 Å². The number of allylic oxidation sites excluding steroid dienone is 2. The van der Waals surface area contributed by atoms with Gasteiger partial charge in [-0.2, -0.15) is 0 Å². The molecule has 1 aliphatic carbocycles. The first-order valence-corrected chi connectivity index (χ1v) is 6.11. The van der Waals surface area contributed by atoms with Gasteiger partial charge in [0.15, 0.2) is 0 Å². The smallest absolute Gasteiger partial charge is 0.0391 e. The van der Waals surface area contributed by atoms with Crippen LogP contribution in [-0.4, -0.2) is 5.71 Å². The quantitative estimate of drug-likeness (QED) is 0.551. The van der Waals surface area contributed by atoms with Crippen LogP contribution in [0.4, 0.5) is 0 Å². The van der Waals surface area contributed by atoms with Gasteiger partial charge >= 0.3 is 0 Å². The zero-order valence-corrected chi connectivity index (χ0v) is 11.0. The van der Waals surface area contributed by atoms with Crippen molar-refractivity contribution in [2.45, 2.75) is 66.7 Å². The summed E-state index contributed by atoms with van der Waals surface area (Å²) in [7, 11) is 0. The highest BCUT2D eigenvalue weighted by molar-refractivity contribution is 5.80. The van der Waals surface area contributed by atoms with Crippen molar-refractivity contribution in [3.05, 3.63) is 11.3 Å². The predicted molar refractivity (Wildman–Crippen MR) is 68.3 cm³/mol. The molecule has 0 aromatic heterocycles. The van der Waals surface area contributed by atoms with Gasteiger partial charge in [-0.05, 0) is 58.3 Å². The Balaban J connectivity index is 2.80. The molecular weight excluding hydrogens is 182 g/mol. The first kappa shape index (κ1) is 12.5. The molecule has 0 radical (unpaired) electrons. The highest BCUT2D eigenvalue weighted by atomic mass is 14.8. The Bertz CT molecular complexity index is 278. The lowest BCUT2D eigenvalue weighted by Gasteiger charge is -2.27. The summed E-state index contributed by atoms with van der Waals surface area (Å²) in [5.41, 5.74) is 4.57. The van der Waals surface area contributed by atoms with Crippen molar-refractivity contribution in [1.82, 2.24) is 0 Å². The van der Waals surface area contributed by atoms with E-state index in [1.807, 2.05) is 0 Å². The molecule has 0 aliphatic heterocycles. The molecule has 0 aromatic rings. The lowest BCUT2D eigenvalue weighted by molar-refractivity contribution is 0.293. The van der Waals surface area contributed by atoms with E-state index in [4.69, 9.17) is 0 Å². The Morgan fingerprint density at radius 2 is 1.80 bits per heavy atom. The van der Waals surface area contributed by atoms with Crippen molar-refractivity contribution in [3.63, 3.8) is 0 Å². The monoisotopic (exact) mass is 207 g/mol. The van der Waals surface area contributed by atoms with Crippen molar-refractivity contribution in [2.24, 2.45) is 10.4 Å². The minimum atomic E-state index is 0.526. The molecule has 1 nitrogen and oxygen atoms in total. The Labute approximate surface area is 94.7 Å². The van der Waals surface area contributed by atoms with Gasteiger partial charge in [-0.25, -0.2) is 0 Å². The second-order valence-corrected chi connectivity index (χ2v) is 5.80. The third-order valence-electron chi connectivity index (χ3n) is 3.30. The van der Waals surface area contributed by atoms with E-state index in [-0.39, 0.29) is 0 Å². The molecule has 0 unspecified atom stereocenters. The molecular formula is C14H25N. The molecule has 0 amide bonds. The maximum Gasteiger partial charge on any atom is 0.0391 e. The molecule has 1 heteroatoms. The molecule has 0 atom stereocenters. The topological polar surface area (TPSA) is 12.4 Å². The molecule has 0 heterocycles. The third kappa shape index (κ3) is 4.19. The fourth-order valence-electron chi connectivity index (χ4n) is 2.16. The van der Waals surface area contributed by atoms with Crippen molar-refractivity contribution in [1.29, 1.82) is 0 Å². The maximum absolute atomic E-state index is 4.66. The van der Waals surface area contributed by atoms with E-state index in [1.165, 1.54) is 49.1 Å². The Morgan fingerprint density at radius 3 is 2.40 bits per heavy atom. The van der Waals surface area contributed by atoms with Gasteiger partial charge in [-0.1, -0.05) is 19.4 Å². The number of hydrogen-bond acceptors (Lipinski definition) is 1. The molecule has 0 bridgehead atoms. The van der Waals surface area contributed by atoms with E-state index in [2.05, 4.69) is 39.6 Å². The van der Waals surface area contributed by atoms with Crippen molar-refractivity contribution in [3.8, 4) is 0 Å². The average molecular weight is 207 g/mol. The molecule has 0 saturated carbocycles. The first-order chi connectivity index (χ1) is 6.91. The van der Waals surface area contributed by atoms with Gasteiger partial charge in [0.05, 0.1) is 0 Å². The summed E-state index contributed by atoms with van der Waals surface area (Å²) in [6.45, 7) is 11.2. The molecule has 0 aromatic carbocycles. The summed E-state index contributed by atoms with van der Waals surface area (Å²) in [6.07, 6.45) is 6.32. The Morgan fingerprint density at radius 1 is 1.13 bits per heavy atom. The van der Waals surface area contributed by atoms with Gasteiger partial charge in [0.25, 0.3) is 0 Å². The summed E-state index contributed by atoms with van der Waals surface area (Å²) in [5, 5.41) is 0. The molecule has 1 aliphatic rings. The fraction of sp³-hybridized carbons (Fsp3) is 0.786. The minimum Gasteiger partial charge on any atom is -0.263 e. The van der Waals surface area contributed by atoms with Gasteiger partial charge in [0, 0.05) is 11.4 Å². The summed E-state index contributed by atoms with van der Waals surface area (Å²) >= 11 is 0. The molecule has 15 heavy (non-hydrogen) atoms. The summed E-state index contributed by atoms with van der Waals surface area (Å²) in [6, 6.07) is 0. The van der Waals surface area contributed by atoms with Crippen LogP contribution >= 0.6 is 0 Å². The number of hydrogen-bond donors (Lipinski definition) is 0. The number of rotatable bonds is 1. The second kappa shape index (κ2) is 4.96. The minimum absolute atomic E-state index is 0.526. The van der Waals surface area contributed by atoms with Crippen LogP contribution in [0.2, 0.25) is 0 Å². The standard InChI is InChI=1S/C14H25N/c1-11(2)15-13-7-6-9-14(4,5)10-8-12(13)3/h6-10H2,1-5H3/b13-12+. The lowest BCUT2D eigenvalue weighted by atomic mass is 9.79. The van der Waals surface area contributed by atoms with Gasteiger partial charge in [0.1, 0.15) is 0 Å². The van der Waals surface area contributed by atoms with Gasteiger partial charge in [-0.3, -0.25) is 4.99 Å². The van der Waals surface area contributed by atoms with Gasteiger partial charge in [0.2, 0.25) is 0 Å². The Kier molecular flexibility index (Phi) is 4.12. The number of aliphatic imine (C=N–C) groups is 1. The van der Waals surface area contributed by atoms with Crippen LogP contribution < -0.4 is 0 Å². The average Bonchev–Trinajstić information content (AvgIpc) is 2.10. The predicted octanol–water partition coefficient (Wildman–Crippen LogP) is 4.73. The fourth-order valence-corrected chi connectivity index (χ4v) is 2.16. The molecule has 86 valence electrons. The second-order valence-electron chi connectivity index (χ2n) is 5.80. The SMILES string of the molecule is CC(C)=N/C1=C(\C)CCC(C)(C)CCC1. The molecule has 0 N–H and O–H groups in total. The third-order valence-corrected chi connectivity index (χ3v) is 3.30. The van der Waals surface area contributed by atoms with Crippen molar-refractivity contribution in [2.75, 3.05) is 0 Å². The number of nitrogens with zero attached hydrogens (tertiary/aromatic N) is 1. The largest absolute Gasteiger partial charge is 0.263 e. The molecule has 0 fully saturated rings. The summed E-state index contributed by atoms with van der Waals surface area (Å²) < 4.78 is 0. The molecule has 1 rings (SSSR count). The molecule has 0 saturated heterocycles. The lowest BCUT2D eigenvalue weighted by Crippen LogP contribution is -2.13. The van der Waals surface area contributed by atoms with Crippen LogP contribution in [0.1, 0.15) is 66.7 Å². The van der Waals surface area contributed by atoms with E-state index in [0.717, 1.165) is 0 Å². The van der Waals surface area contributed by atoms with E-state index in [1.54, 1.807) is 0 Å². The first-order valence-electron chi connectivity index (χ1n) is 6.11. The van der Waals surface area contributed by atoms with E-state index in [9.17, 15) is 0 Å². The van der Waals surface area contributed by atoms with Gasteiger partial charge < -0.3 is 0 Å². The van der Waals surface area contributed by atoms with Crippen LogP contribution in [0.5, 0.6) is 0 Å². The van der Waals surface area contributed by atoms with Crippen molar-refractivity contribution >= 4 is 5.71 Å².